The summed E-state index contributed by atoms with van der Waals surface area (Å²) in [5, 5.41) is 13.6. The summed E-state index contributed by atoms with van der Waals surface area (Å²) in [6.07, 6.45) is -1.66. The third kappa shape index (κ3) is 14.6. The number of rotatable bonds is 16. The maximum Gasteiger partial charge on any atom is 0.410 e. The van der Waals surface area contributed by atoms with Gasteiger partial charge in [-0.2, -0.15) is 0 Å². The molecule has 3 aromatic rings. The van der Waals surface area contributed by atoms with Gasteiger partial charge in [0.2, 0.25) is 0 Å². The Morgan fingerprint density at radius 3 is 1.70 bits per heavy atom. The molecular formula is C38H52N2O7. The highest BCUT2D eigenvalue weighted by Crippen LogP contribution is 2.21. The van der Waals surface area contributed by atoms with Crippen LogP contribution >= 0.6 is 0 Å². The van der Waals surface area contributed by atoms with Crippen molar-refractivity contribution in [3.05, 3.63) is 108 Å². The van der Waals surface area contributed by atoms with Gasteiger partial charge >= 0.3 is 12.2 Å². The number of carbonyl (C=O) groups is 2. The first-order valence-electron chi connectivity index (χ1n) is 16.3. The lowest BCUT2D eigenvalue weighted by atomic mass is 9.99. The molecule has 2 N–H and O–H groups in total. The van der Waals surface area contributed by atoms with Crippen molar-refractivity contribution in [2.24, 2.45) is 0 Å². The molecule has 0 fully saturated rings. The summed E-state index contributed by atoms with van der Waals surface area (Å²) in [7, 11) is 0. The third-order valence-electron chi connectivity index (χ3n) is 7.05. The van der Waals surface area contributed by atoms with E-state index in [9.17, 15) is 14.7 Å². The number of ether oxygens (including phenoxy) is 4. The van der Waals surface area contributed by atoms with Crippen molar-refractivity contribution < 1.29 is 33.6 Å². The molecular weight excluding hydrogens is 596 g/mol. The van der Waals surface area contributed by atoms with Crippen LogP contribution < -0.4 is 5.32 Å². The highest BCUT2D eigenvalue weighted by molar-refractivity contribution is 5.68. The number of aliphatic hydroxyl groups is 1. The lowest BCUT2D eigenvalue weighted by Crippen LogP contribution is -2.52. The van der Waals surface area contributed by atoms with Crippen molar-refractivity contribution in [3.63, 3.8) is 0 Å². The summed E-state index contributed by atoms with van der Waals surface area (Å²) in [5.74, 6) is 0. The average molecular weight is 649 g/mol. The maximum absolute atomic E-state index is 13.3. The van der Waals surface area contributed by atoms with E-state index in [0.29, 0.717) is 25.9 Å². The number of alkyl carbamates (subject to hydrolysis) is 1. The standard InChI is InChI=1S/C38H52N2O7/c1-37(2,3)46-35(42)39-32(23-16-24-40(36(43)47-38(4,5)6)25-29-17-10-7-11-18-29)34(45-28-31-21-14-9-15-22-31)33(26-41)44-27-30-19-12-8-13-20-30/h7-15,17-22,32-34,41H,16,23-28H2,1-6H3,(H,39,42)/t32-,33-,34+/m0/s1. The first kappa shape index (κ1) is 37.5. The van der Waals surface area contributed by atoms with E-state index >= 15 is 0 Å². The van der Waals surface area contributed by atoms with E-state index in [4.69, 9.17) is 18.9 Å². The summed E-state index contributed by atoms with van der Waals surface area (Å²) in [5.41, 5.74) is 1.47. The van der Waals surface area contributed by atoms with E-state index < -0.39 is 41.6 Å². The molecule has 0 spiro atoms. The van der Waals surface area contributed by atoms with Gasteiger partial charge in [0.15, 0.2) is 0 Å². The first-order valence-corrected chi connectivity index (χ1v) is 16.3. The monoisotopic (exact) mass is 648 g/mol. The maximum atomic E-state index is 13.3. The van der Waals surface area contributed by atoms with Crippen molar-refractivity contribution >= 4 is 12.2 Å². The molecule has 9 heteroatoms. The van der Waals surface area contributed by atoms with Crippen LogP contribution in [0.5, 0.6) is 0 Å². The van der Waals surface area contributed by atoms with Crippen LogP contribution in [-0.2, 0) is 38.7 Å². The Morgan fingerprint density at radius 2 is 1.21 bits per heavy atom. The van der Waals surface area contributed by atoms with E-state index in [-0.39, 0.29) is 19.8 Å². The van der Waals surface area contributed by atoms with Crippen molar-refractivity contribution in [1.82, 2.24) is 10.2 Å². The van der Waals surface area contributed by atoms with E-state index in [1.165, 1.54) is 0 Å². The molecule has 0 radical (unpaired) electrons. The molecule has 3 rings (SSSR count). The van der Waals surface area contributed by atoms with Gasteiger partial charge in [-0.05, 0) is 71.1 Å². The Bertz CT molecular complexity index is 1320. The largest absolute Gasteiger partial charge is 0.444 e. The van der Waals surface area contributed by atoms with Gasteiger partial charge in [-0.3, -0.25) is 0 Å². The molecule has 3 aromatic carbocycles. The van der Waals surface area contributed by atoms with Crippen LogP contribution in [0, 0.1) is 0 Å². The summed E-state index contributed by atoms with van der Waals surface area (Å²) in [4.78, 5) is 28.1. The van der Waals surface area contributed by atoms with Crippen LogP contribution in [0.2, 0.25) is 0 Å². The van der Waals surface area contributed by atoms with Crippen molar-refractivity contribution in [2.75, 3.05) is 13.2 Å². The number of nitrogens with zero attached hydrogens (tertiary/aromatic N) is 1. The van der Waals surface area contributed by atoms with Crippen molar-refractivity contribution in [3.8, 4) is 0 Å². The van der Waals surface area contributed by atoms with Gasteiger partial charge in [-0.25, -0.2) is 9.59 Å². The average Bonchev–Trinajstić information content (AvgIpc) is 3.01. The Morgan fingerprint density at radius 1 is 0.723 bits per heavy atom. The minimum absolute atomic E-state index is 0.237. The Kier molecular flexibility index (Phi) is 14.7. The Balaban J connectivity index is 1.86. The topological polar surface area (TPSA) is 107 Å². The fourth-order valence-electron chi connectivity index (χ4n) is 4.92. The third-order valence-corrected chi connectivity index (χ3v) is 7.05. The molecule has 256 valence electrons. The summed E-state index contributed by atoms with van der Waals surface area (Å²) in [6.45, 7) is 11.8. The Labute approximate surface area is 280 Å². The molecule has 0 aliphatic carbocycles. The molecule has 2 amide bonds. The van der Waals surface area contributed by atoms with Crippen LogP contribution in [0.25, 0.3) is 0 Å². The summed E-state index contributed by atoms with van der Waals surface area (Å²) >= 11 is 0. The predicted octanol–water partition coefficient (Wildman–Crippen LogP) is 7.26. The number of hydrogen-bond donors (Lipinski definition) is 2. The lowest BCUT2D eigenvalue weighted by molar-refractivity contribution is -0.117. The van der Waals surface area contributed by atoms with E-state index in [0.717, 1.165) is 16.7 Å². The minimum atomic E-state index is -0.773. The molecule has 3 atom stereocenters. The second-order valence-electron chi connectivity index (χ2n) is 13.6. The molecule has 0 saturated carbocycles. The SMILES string of the molecule is CC(C)(C)OC(=O)N[C@@H](CCCN(Cc1ccccc1)C(=O)OC(C)(C)C)[C@@H](OCc1ccccc1)[C@H](CO)OCc1ccccc1. The van der Waals surface area contributed by atoms with Gasteiger partial charge in [0, 0.05) is 13.1 Å². The number of carbonyl (C=O) groups excluding carboxylic acids is 2. The lowest BCUT2D eigenvalue weighted by Gasteiger charge is -2.34. The second kappa shape index (κ2) is 18.4. The van der Waals surface area contributed by atoms with Crippen LogP contribution in [0.1, 0.15) is 71.1 Å². The van der Waals surface area contributed by atoms with Crippen LogP contribution in [-0.4, -0.2) is 64.8 Å². The van der Waals surface area contributed by atoms with Crippen LogP contribution in [0.15, 0.2) is 91.0 Å². The molecule has 0 aliphatic rings. The number of benzene rings is 3. The fraction of sp³-hybridized carbons (Fsp3) is 0.474. The van der Waals surface area contributed by atoms with E-state index in [1.54, 1.807) is 25.7 Å². The molecule has 47 heavy (non-hydrogen) atoms. The molecule has 0 aliphatic heterocycles. The van der Waals surface area contributed by atoms with Gasteiger partial charge in [-0.15, -0.1) is 0 Å². The van der Waals surface area contributed by atoms with E-state index in [2.05, 4.69) is 5.32 Å². The normalized spacial score (nSPS) is 13.7. The number of nitrogens with one attached hydrogen (secondary N) is 1. The van der Waals surface area contributed by atoms with Gasteiger partial charge in [0.1, 0.15) is 23.4 Å². The summed E-state index contributed by atoms with van der Waals surface area (Å²) < 4.78 is 24.1. The zero-order chi connectivity index (χ0) is 34.3. The minimum Gasteiger partial charge on any atom is -0.444 e. The highest BCUT2D eigenvalue weighted by atomic mass is 16.6. The molecule has 9 nitrogen and oxygen atoms in total. The Hall–Kier alpha value is -3.92. The number of hydrogen-bond acceptors (Lipinski definition) is 7. The number of amides is 2. The molecule has 0 heterocycles. The highest BCUT2D eigenvalue weighted by Gasteiger charge is 2.34. The van der Waals surface area contributed by atoms with Gasteiger partial charge in [-0.1, -0.05) is 91.0 Å². The van der Waals surface area contributed by atoms with Crippen molar-refractivity contribution in [1.29, 1.82) is 0 Å². The van der Waals surface area contributed by atoms with Gasteiger partial charge in [0.25, 0.3) is 0 Å². The van der Waals surface area contributed by atoms with E-state index in [1.807, 2.05) is 112 Å². The summed E-state index contributed by atoms with van der Waals surface area (Å²) in [6, 6.07) is 28.5. The van der Waals surface area contributed by atoms with Gasteiger partial charge < -0.3 is 34.3 Å². The molecule has 0 bridgehead atoms. The predicted molar refractivity (Wildman–Crippen MR) is 183 cm³/mol. The quantitative estimate of drug-likeness (QED) is 0.168. The van der Waals surface area contributed by atoms with Crippen LogP contribution in [0.4, 0.5) is 9.59 Å². The smallest absolute Gasteiger partial charge is 0.410 e. The zero-order valence-corrected chi connectivity index (χ0v) is 28.7. The van der Waals surface area contributed by atoms with Gasteiger partial charge in [0.05, 0.1) is 25.9 Å². The first-order chi connectivity index (χ1) is 22.3. The zero-order valence-electron chi connectivity index (χ0n) is 28.7. The molecule has 0 aromatic heterocycles. The fourth-order valence-corrected chi connectivity index (χ4v) is 4.92. The molecule has 0 saturated heterocycles. The second-order valence-corrected chi connectivity index (χ2v) is 13.6. The molecule has 0 unspecified atom stereocenters. The van der Waals surface area contributed by atoms with Crippen LogP contribution in [0.3, 0.4) is 0 Å². The van der Waals surface area contributed by atoms with Crippen molar-refractivity contribution in [2.45, 2.75) is 104 Å². The number of aliphatic hydroxyl groups excluding tert-OH is 1.